The van der Waals surface area contributed by atoms with Gasteiger partial charge in [-0.05, 0) is 51.8 Å². The number of rotatable bonds is 10. The minimum atomic E-state index is -4.21. The largest absolute Gasteiger partial charge is 0.350 e. The van der Waals surface area contributed by atoms with Crippen molar-refractivity contribution in [2.45, 2.75) is 45.7 Å². The summed E-state index contributed by atoms with van der Waals surface area (Å²) in [6, 6.07) is 13.9. The van der Waals surface area contributed by atoms with Gasteiger partial charge in [-0.1, -0.05) is 42.5 Å². The molecular formula is C25H35FN4O4S. The average Bonchev–Trinajstić information content (AvgIpc) is 2.77. The predicted octanol–water partition coefficient (Wildman–Crippen LogP) is 2.81. The Morgan fingerprint density at radius 1 is 1.00 bits per heavy atom. The maximum Gasteiger partial charge on any atom is 0.304 e. The quantitative estimate of drug-likeness (QED) is 0.537. The summed E-state index contributed by atoms with van der Waals surface area (Å²) in [5.41, 5.74) is 0.192. The van der Waals surface area contributed by atoms with Crippen LogP contribution in [0.4, 0.5) is 10.1 Å². The normalized spacial score (nSPS) is 12.8. The molecule has 0 aliphatic carbocycles. The van der Waals surface area contributed by atoms with Crippen molar-refractivity contribution in [1.29, 1.82) is 0 Å². The van der Waals surface area contributed by atoms with Gasteiger partial charge in [0.05, 0.1) is 5.69 Å². The van der Waals surface area contributed by atoms with E-state index in [1.807, 2.05) is 51.1 Å². The van der Waals surface area contributed by atoms with Crippen LogP contribution in [0.1, 0.15) is 33.3 Å². The van der Waals surface area contributed by atoms with Gasteiger partial charge in [0.2, 0.25) is 11.8 Å². The fourth-order valence-corrected chi connectivity index (χ4v) is 4.46. The van der Waals surface area contributed by atoms with Gasteiger partial charge in [0, 0.05) is 26.2 Å². The summed E-state index contributed by atoms with van der Waals surface area (Å²) in [6.07, 6.45) is 0.458. The molecule has 2 aromatic carbocycles. The van der Waals surface area contributed by atoms with Gasteiger partial charge in [-0.3, -0.25) is 9.59 Å². The molecule has 2 aromatic rings. The highest BCUT2D eigenvalue weighted by molar-refractivity contribution is 7.90. The Morgan fingerprint density at radius 2 is 1.57 bits per heavy atom. The Bertz CT molecular complexity index is 1120. The van der Waals surface area contributed by atoms with E-state index >= 15 is 0 Å². The molecule has 10 heteroatoms. The molecule has 2 amide bonds. The van der Waals surface area contributed by atoms with Crippen molar-refractivity contribution in [1.82, 2.24) is 14.5 Å². The lowest BCUT2D eigenvalue weighted by Gasteiger charge is -2.34. The molecule has 2 rings (SSSR count). The first-order valence-electron chi connectivity index (χ1n) is 11.3. The lowest BCUT2D eigenvalue weighted by Crippen LogP contribution is -2.55. The van der Waals surface area contributed by atoms with Crippen LogP contribution in [-0.4, -0.2) is 68.2 Å². The van der Waals surface area contributed by atoms with Crippen molar-refractivity contribution in [3.05, 3.63) is 66.0 Å². The Balaban J connectivity index is 2.41. The van der Waals surface area contributed by atoms with Crippen LogP contribution in [0.25, 0.3) is 0 Å². The standard InChI is InChI=1S/C25H35FN4O4S/c1-19(24(32)27-25(2,3)4)29(17-16-20-12-8-7-9-13-20)23(31)18-30(35(33,34)28(5)6)22-15-11-10-14-21(22)26/h7-15,19H,16-18H2,1-6H3,(H,27,32). The fraction of sp³-hybridized carbons (Fsp3) is 0.440. The first kappa shape index (κ1) is 28.3. The van der Waals surface area contributed by atoms with Crippen LogP contribution in [0.3, 0.4) is 0 Å². The number of hydrogen-bond acceptors (Lipinski definition) is 4. The third kappa shape index (κ3) is 7.76. The number of anilines is 1. The molecule has 0 aliphatic heterocycles. The molecule has 0 spiro atoms. The average molecular weight is 507 g/mol. The number of halogens is 1. The van der Waals surface area contributed by atoms with Gasteiger partial charge in [-0.25, -0.2) is 8.70 Å². The Labute approximate surface area is 207 Å². The highest BCUT2D eigenvalue weighted by Gasteiger charge is 2.34. The van der Waals surface area contributed by atoms with Crippen molar-refractivity contribution in [2.75, 3.05) is 31.5 Å². The van der Waals surface area contributed by atoms with Crippen LogP contribution in [-0.2, 0) is 26.2 Å². The third-order valence-corrected chi connectivity index (χ3v) is 7.10. The van der Waals surface area contributed by atoms with E-state index in [1.165, 1.54) is 37.2 Å². The topological polar surface area (TPSA) is 90.0 Å². The molecule has 0 radical (unpaired) electrons. The molecule has 0 saturated carbocycles. The number of para-hydroxylation sites is 1. The molecule has 1 atom stereocenters. The molecule has 0 aliphatic rings. The molecule has 0 aromatic heterocycles. The van der Waals surface area contributed by atoms with Gasteiger partial charge in [-0.2, -0.15) is 12.7 Å². The predicted molar refractivity (Wildman–Crippen MR) is 136 cm³/mol. The maximum atomic E-state index is 14.6. The van der Waals surface area contributed by atoms with Gasteiger partial charge in [0.25, 0.3) is 0 Å². The zero-order chi connectivity index (χ0) is 26.4. The molecule has 1 N–H and O–H groups in total. The molecule has 35 heavy (non-hydrogen) atoms. The number of nitrogens with one attached hydrogen (secondary N) is 1. The van der Waals surface area contributed by atoms with E-state index in [0.717, 1.165) is 20.2 Å². The number of carbonyl (C=O) groups excluding carboxylic acids is 2. The molecule has 192 valence electrons. The number of amides is 2. The Kier molecular flexibility index (Phi) is 9.39. The minimum Gasteiger partial charge on any atom is -0.350 e. The molecule has 8 nitrogen and oxygen atoms in total. The van der Waals surface area contributed by atoms with E-state index in [4.69, 9.17) is 0 Å². The molecule has 0 saturated heterocycles. The van der Waals surface area contributed by atoms with Crippen LogP contribution < -0.4 is 9.62 Å². The van der Waals surface area contributed by atoms with Crippen LogP contribution in [0.5, 0.6) is 0 Å². The lowest BCUT2D eigenvalue weighted by molar-refractivity contribution is -0.139. The van der Waals surface area contributed by atoms with Crippen molar-refractivity contribution in [2.24, 2.45) is 0 Å². The summed E-state index contributed by atoms with van der Waals surface area (Å²) in [5.74, 6) is -1.77. The zero-order valence-corrected chi connectivity index (χ0v) is 22.0. The fourth-order valence-electron chi connectivity index (χ4n) is 3.40. The van der Waals surface area contributed by atoms with Crippen molar-refractivity contribution < 1.29 is 22.4 Å². The van der Waals surface area contributed by atoms with E-state index in [1.54, 1.807) is 6.92 Å². The third-order valence-electron chi connectivity index (χ3n) is 5.29. The summed E-state index contributed by atoms with van der Waals surface area (Å²) in [5, 5.41) is 2.86. The van der Waals surface area contributed by atoms with Gasteiger partial charge >= 0.3 is 10.2 Å². The minimum absolute atomic E-state index is 0.175. The molecular weight excluding hydrogens is 471 g/mol. The highest BCUT2D eigenvalue weighted by atomic mass is 32.2. The molecule has 0 heterocycles. The van der Waals surface area contributed by atoms with Crippen molar-refractivity contribution >= 4 is 27.7 Å². The number of nitrogens with zero attached hydrogens (tertiary/aromatic N) is 3. The maximum absolute atomic E-state index is 14.6. The second kappa shape index (κ2) is 11.6. The van der Waals surface area contributed by atoms with E-state index in [2.05, 4.69) is 5.32 Å². The van der Waals surface area contributed by atoms with E-state index in [9.17, 15) is 22.4 Å². The monoisotopic (exact) mass is 506 g/mol. The lowest BCUT2D eigenvalue weighted by atomic mass is 10.1. The van der Waals surface area contributed by atoms with Gasteiger partial charge in [0.15, 0.2) is 0 Å². The van der Waals surface area contributed by atoms with Gasteiger partial charge in [-0.15, -0.1) is 0 Å². The number of benzene rings is 2. The van der Waals surface area contributed by atoms with Crippen LogP contribution in [0.2, 0.25) is 0 Å². The summed E-state index contributed by atoms with van der Waals surface area (Å²) in [6.45, 7) is 6.60. The van der Waals surface area contributed by atoms with Gasteiger partial charge < -0.3 is 10.2 Å². The first-order valence-corrected chi connectivity index (χ1v) is 12.7. The number of hydrogen-bond donors (Lipinski definition) is 1. The molecule has 1 unspecified atom stereocenters. The van der Waals surface area contributed by atoms with E-state index < -0.39 is 40.1 Å². The van der Waals surface area contributed by atoms with E-state index in [-0.39, 0.29) is 18.1 Å². The summed E-state index contributed by atoms with van der Waals surface area (Å²) >= 11 is 0. The van der Waals surface area contributed by atoms with Crippen LogP contribution in [0, 0.1) is 5.82 Å². The SMILES string of the molecule is CC(C(=O)NC(C)(C)C)N(CCc1ccccc1)C(=O)CN(c1ccccc1F)S(=O)(=O)N(C)C. The summed E-state index contributed by atoms with van der Waals surface area (Å²) in [7, 11) is -1.59. The van der Waals surface area contributed by atoms with Gasteiger partial charge in [0.1, 0.15) is 18.4 Å². The van der Waals surface area contributed by atoms with Crippen LogP contribution >= 0.6 is 0 Å². The Morgan fingerprint density at radius 3 is 2.11 bits per heavy atom. The summed E-state index contributed by atoms with van der Waals surface area (Å²) in [4.78, 5) is 27.8. The van der Waals surface area contributed by atoms with Crippen molar-refractivity contribution in [3.8, 4) is 0 Å². The molecule has 0 bridgehead atoms. The zero-order valence-electron chi connectivity index (χ0n) is 21.2. The smallest absolute Gasteiger partial charge is 0.304 e. The summed E-state index contributed by atoms with van der Waals surface area (Å²) < 4.78 is 42.4. The number of carbonyl (C=O) groups is 2. The Hall–Kier alpha value is -2.98. The second-order valence-electron chi connectivity index (χ2n) is 9.49. The molecule has 0 fully saturated rings. The van der Waals surface area contributed by atoms with Crippen molar-refractivity contribution in [3.63, 3.8) is 0 Å². The highest BCUT2D eigenvalue weighted by Crippen LogP contribution is 2.23. The van der Waals surface area contributed by atoms with E-state index in [0.29, 0.717) is 6.42 Å². The van der Waals surface area contributed by atoms with Crippen LogP contribution in [0.15, 0.2) is 54.6 Å². The first-order chi connectivity index (χ1) is 16.2. The second-order valence-corrected chi connectivity index (χ2v) is 11.6.